The van der Waals surface area contributed by atoms with Gasteiger partial charge in [-0.25, -0.2) is 0 Å². The number of carbonyl (C=O) groups excluding carboxylic acids is 1. The molecule has 0 aliphatic carbocycles. The molecule has 5 nitrogen and oxygen atoms in total. The van der Waals surface area contributed by atoms with E-state index < -0.39 is 0 Å². The molecule has 2 aliphatic heterocycles. The maximum absolute atomic E-state index is 10.7. The van der Waals surface area contributed by atoms with Crippen molar-refractivity contribution in [1.82, 2.24) is 10.2 Å². The zero-order valence-electron chi connectivity index (χ0n) is 7.31. The number of azo groups is 1. The molecule has 0 bridgehead atoms. The SMILES string of the molecule is O=C1C=CC(N2CCNCC2)N=N1. The third-order valence-corrected chi connectivity index (χ3v) is 2.21. The van der Waals surface area contributed by atoms with Crippen molar-refractivity contribution in [3.63, 3.8) is 0 Å². The van der Waals surface area contributed by atoms with Gasteiger partial charge in [-0.1, -0.05) is 0 Å². The predicted octanol–water partition coefficient (Wildman–Crippen LogP) is -0.234. The molecule has 0 aromatic rings. The molecular formula is C8H12N4O. The Labute approximate surface area is 76.5 Å². The molecule has 1 unspecified atom stereocenters. The second-order valence-electron chi connectivity index (χ2n) is 3.11. The number of amides is 1. The van der Waals surface area contributed by atoms with Crippen molar-refractivity contribution in [1.29, 1.82) is 0 Å². The van der Waals surface area contributed by atoms with Crippen LogP contribution in [-0.4, -0.2) is 43.2 Å². The van der Waals surface area contributed by atoms with Crippen molar-refractivity contribution in [2.24, 2.45) is 10.2 Å². The zero-order valence-corrected chi connectivity index (χ0v) is 7.31. The van der Waals surface area contributed by atoms with Gasteiger partial charge in [-0.2, -0.15) is 5.11 Å². The Bertz CT molecular complexity index is 239. The van der Waals surface area contributed by atoms with Crippen LogP contribution < -0.4 is 5.32 Å². The molecule has 0 spiro atoms. The summed E-state index contributed by atoms with van der Waals surface area (Å²) in [6.45, 7) is 3.88. The number of nitrogens with one attached hydrogen (secondary N) is 1. The lowest BCUT2D eigenvalue weighted by molar-refractivity contribution is -0.114. The zero-order chi connectivity index (χ0) is 9.10. The fraction of sp³-hybridized carbons (Fsp3) is 0.625. The minimum absolute atomic E-state index is 0.0280. The molecule has 1 atom stereocenters. The summed E-state index contributed by atoms with van der Waals surface area (Å²) in [4.78, 5) is 12.9. The Balaban J connectivity index is 1.97. The summed E-state index contributed by atoms with van der Waals surface area (Å²) in [6.07, 6.45) is 3.26. The summed E-state index contributed by atoms with van der Waals surface area (Å²) >= 11 is 0. The second kappa shape index (κ2) is 3.76. The largest absolute Gasteiger partial charge is 0.314 e. The van der Waals surface area contributed by atoms with Gasteiger partial charge in [0.05, 0.1) is 0 Å². The predicted molar refractivity (Wildman–Crippen MR) is 47.2 cm³/mol. The fourth-order valence-corrected chi connectivity index (χ4v) is 1.50. The normalized spacial score (nSPS) is 29.5. The smallest absolute Gasteiger partial charge is 0.287 e. The van der Waals surface area contributed by atoms with Crippen LogP contribution in [0.15, 0.2) is 22.4 Å². The number of rotatable bonds is 1. The number of carbonyl (C=O) groups is 1. The van der Waals surface area contributed by atoms with E-state index in [-0.39, 0.29) is 12.1 Å². The van der Waals surface area contributed by atoms with Crippen molar-refractivity contribution in [3.8, 4) is 0 Å². The van der Waals surface area contributed by atoms with E-state index in [9.17, 15) is 4.79 Å². The van der Waals surface area contributed by atoms with Gasteiger partial charge in [0.2, 0.25) is 0 Å². The summed E-state index contributed by atoms with van der Waals surface area (Å²) in [5.74, 6) is -0.258. The molecule has 0 saturated carbocycles. The third-order valence-electron chi connectivity index (χ3n) is 2.21. The Kier molecular flexibility index (Phi) is 2.47. The Hall–Kier alpha value is -1.07. The minimum Gasteiger partial charge on any atom is -0.314 e. The van der Waals surface area contributed by atoms with Crippen molar-refractivity contribution in [2.75, 3.05) is 26.2 Å². The minimum atomic E-state index is -0.258. The number of piperazine rings is 1. The summed E-state index contributed by atoms with van der Waals surface area (Å²) in [7, 11) is 0. The van der Waals surface area contributed by atoms with Crippen LogP contribution >= 0.6 is 0 Å². The van der Waals surface area contributed by atoms with Gasteiger partial charge in [-0.05, 0) is 6.08 Å². The number of nitrogens with zero attached hydrogens (tertiary/aromatic N) is 3. The second-order valence-corrected chi connectivity index (χ2v) is 3.11. The highest BCUT2D eigenvalue weighted by Gasteiger charge is 2.19. The molecular weight excluding hydrogens is 168 g/mol. The van der Waals surface area contributed by atoms with Crippen LogP contribution in [-0.2, 0) is 4.79 Å². The summed E-state index contributed by atoms with van der Waals surface area (Å²) in [5.41, 5.74) is 0. The van der Waals surface area contributed by atoms with Crippen molar-refractivity contribution in [3.05, 3.63) is 12.2 Å². The molecule has 1 saturated heterocycles. The van der Waals surface area contributed by atoms with Crippen molar-refractivity contribution >= 4 is 5.91 Å². The highest BCUT2D eigenvalue weighted by atomic mass is 16.1. The van der Waals surface area contributed by atoms with Gasteiger partial charge in [0.25, 0.3) is 5.91 Å². The first-order valence-corrected chi connectivity index (χ1v) is 4.44. The summed E-state index contributed by atoms with van der Waals surface area (Å²) in [5, 5.41) is 10.7. The maximum atomic E-state index is 10.7. The van der Waals surface area contributed by atoms with E-state index in [1.54, 1.807) is 6.08 Å². The third kappa shape index (κ3) is 1.99. The molecule has 0 aromatic heterocycles. The fourth-order valence-electron chi connectivity index (χ4n) is 1.50. The van der Waals surface area contributed by atoms with Crippen molar-refractivity contribution in [2.45, 2.75) is 6.17 Å². The van der Waals surface area contributed by atoms with Gasteiger partial charge in [-0.15, -0.1) is 5.11 Å². The first-order chi connectivity index (χ1) is 6.36. The Morgan fingerprint density at radius 2 is 2.23 bits per heavy atom. The van der Waals surface area contributed by atoms with E-state index in [2.05, 4.69) is 20.4 Å². The molecule has 1 fully saturated rings. The lowest BCUT2D eigenvalue weighted by Gasteiger charge is -2.30. The van der Waals surface area contributed by atoms with E-state index in [1.165, 1.54) is 6.08 Å². The highest BCUT2D eigenvalue weighted by molar-refractivity contribution is 5.88. The molecule has 5 heteroatoms. The van der Waals surface area contributed by atoms with Crippen LogP contribution in [0.4, 0.5) is 0 Å². The van der Waals surface area contributed by atoms with Crippen LogP contribution in [0.25, 0.3) is 0 Å². The Morgan fingerprint density at radius 1 is 1.46 bits per heavy atom. The average molecular weight is 180 g/mol. The van der Waals surface area contributed by atoms with E-state index in [0.717, 1.165) is 26.2 Å². The lowest BCUT2D eigenvalue weighted by atomic mass is 10.3. The molecule has 2 rings (SSSR count). The average Bonchev–Trinajstić information content (AvgIpc) is 2.20. The first kappa shape index (κ1) is 8.52. The number of hydrogen-bond donors (Lipinski definition) is 1. The van der Waals surface area contributed by atoms with Crippen LogP contribution in [0.2, 0.25) is 0 Å². The molecule has 0 aromatic carbocycles. The molecule has 0 radical (unpaired) electrons. The molecule has 1 amide bonds. The van der Waals surface area contributed by atoms with Crippen LogP contribution in [0.1, 0.15) is 0 Å². The Morgan fingerprint density at radius 3 is 2.85 bits per heavy atom. The van der Waals surface area contributed by atoms with Gasteiger partial charge < -0.3 is 5.32 Å². The van der Waals surface area contributed by atoms with Gasteiger partial charge in [-0.3, -0.25) is 9.69 Å². The van der Waals surface area contributed by atoms with Crippen LogP contribution in [0.5, 0.6) is 0 Å². The first-order valence-electron chi connectivity index (χ1n) is 4.44. The van der Waals surface area contributed by atoms with E-state index in [1.807, 2.05) is 0 Å². The molecule has 13 heavy (non-hydrogen) atoms. The molecule has 70 valence electrons. The topological polar surface area (TPSA) is 57.1 Å². The van der Waals surface area contributed by atoms with Gasteiger partial charge in [0.15, 0.2) is 0 Å². The van der Waals surface area contributed by atoms with Gasteiger partial charge >= 0.3 is 0 Å². The van der Waals surface area contributed by atoms with Crippen molar-refractivity contribution < 1.29 is 4.79 Å². The summed E-state index contributed by atoms with van der Waals surface area (Å²) in [6, 6.07) is 0. The van der Waals surface area contributed by atoms with E-state index >= 15 is 0 Å². The van der Waals surface area contributed by atoms with Gasteiger partial charge in [0, 0.05) is 32.3 Å². The molecule has 1 N–H and O–H groups in total. The highest BCUT2D eigenvalue weighted by Crippen LogP contribution is 2.09. The molecule has 2 aliphatic rings. The maximum Gasteiger partial charge on any atom is 0.287 e. The van der Waals surface area contributed by atoms with E-state index in [0.29, 0.717) is 0 Å². The lowest BCUT2D eigenvalue weighted by Crippen LogP contribution is -2.47. The number of hydrogen-bond acceptors (Lipinski definition) is 4. The molecule has 2 heterocycles. The van der Waals surface area contributed by atoms with E-state index in [4.69, 9.17) is 0 Å². The monoisotopic (exact) mass is 180 g/mol. The standard InChI is InChI=1S/C8H12N4O/c13-8-2-1-7(10-11-8)12-5-3-9-4-6-12/h1-2,7,9H,3-6H2. The van der Waals surface area contributed by atoms with Crippen LogP contribution in [0, 0.1) is 0 Å². The van der Waals surface area contributed by atoms with Gasteiger partial charge in [0.1, 0.15) is 6.17 Å². The summed E-state index contributed by atoms with van der Waals surface area (Å²) < 4.78 is 0. The van der Waals surface area contributed by atoms with Crippen LogP contribution in [0.3, 0.4) is 0 Å². The quantitative estimate of drug-likeness (QED) is 0.606.